The summed E-state index contributed by atoms with van der Waals surface area (Å²) in [5.41, 5.74) is 0.0559. The van der Waals surface area contributed by atoms with Gasteiger partial charge in [0.1, 0.15) is 17.2 Å². The van der Waals surface area contributed by atoms with E-state index in [1.165, 1.54) is 6.33 Å². The smallest absolute Gasteiger partial charge is 0.148 e. The van der Waals surface area contributed by atoms with Crippen LogP contribution in [0.2, 0.25) is 5.02 Å². The number of anilines is 1. The predicted molar refractivity (Wildman–Crippen MR) is 72.7 cm³/mol. The Morgan fingerprint density at radius 1 is 1.44 bits per heavy atom. The maximum atomic E-state index is 6.01. The van der Waals surface area contributed by atoms with E-state index in [1.807, 2.05) is 10.9 Å². The van der Waals surface area contributed by atoms with E-state index in [-0.39, 0.29) is 5.54 Å². The molecule has 1 fully saturated rings. The molecule has 3 rings (SSSR count). The topological polar surface area (TPSA) is 55.6 Å². The molecule has 0 saturated heterocycles. The lowest BCUT2D eigenvalue weighted by Gasteiger charge is -2.17. The number of nitrogens with zero attached hydrogens (tertiary/aromatic N) is 4. The molecule has 1 saturated carbocycles. The van der Waals surface area contributed by atoms with Crippen molar-refractivity contribution in [2.75, 3.05) is 11.9 Å². The number of hydrogen-bond acceptors (Lipinski definition) is 4. The average molecular weight is 329 g/mol. The second-order valence-corrected chi connectivity index (χ2v) is 5.72. The van der Waals surface area contributed by atoms with Gasteiger partial charge in [-0.1, -0.05) is 11.6 Å². The van der Waals surface area contributed by atoms with Crippen LogP contribution in [0.25, 0.3) is 0 Å². The fourth-order valence-corrected chi connectivity index (χ4v) is 2.34. The highest BCUT2D eigenvalue weighted by Gasteiger charge is 2.45. The highest BCUT2D eigenvalue weighted by Crippen LogP contribution is 2.43. The fourth-order valence-electron chi connectivity index (χ4n) is 1.88. The number of halogens is 2. The van der Waals surface area contributed by atoms with Crippen molar-refractivity contribution in [3.8, 4) is 0 Å². The summed E-state index contributed by atoms with van der Waals surface area (Å²) >= 11 is 9.42. The van der Waals surface area contributed by atoms with E-state index < -0.39 is 0 Å². The molecule has 0 amide bonds. The highest BCUT2D eigenvalue weighted by molar-refractivity contribution is 9.10. The van der Waals surface area contributed by atoms with Crippen LogP contribution in [0.4, 0.5) is 5.82 Å². The Labute approximate surface area is 118 Å². The Morgan fingerprint density at radius 2 is 2.28 bits per heavy atom. The highest BCUT2D eigenvalue weighted by atomic mass is 79.9. The molecule has 1 N–H and O–H groups in total. The Bertz CT molecular complexity index is 566. The third kappa shape index (κ3) is 2.22. The molecule has 0 aliphatic heterocycles. The molecule has 7 heteroatoms. The fraction of sp³-hybridized carbons (Fsp3) is 0.364. The minimum atomic E-state index is 0.0559. The number of hydrogen-bond donors (Lipinski definition) is 1. The predicted octanol–water partition coefficient (Wildman–Crippen LogP) is 2.69. The normalized spacial score (nSPS) is 16.6. The molecule has 5 nitrogen and oxygen atoms in total. The van der Waals surface area contributed by atoms with Crippen molar-refractivity contribution in [3.63, 3.8) is 0 Å². The van der Waals surface area contributed by atoms with Crippen LogP contribution in [0.3, 0.4) is 0 Å². The summed E-state index contributed by atoms with van der Waals surface area (Å²) in [6, 6.07) is 0. The lowest BCUT2D eigenvalue weighted by atomic mass is 10.3. The van der Waals surface area contributed by atoms with Gasteiger partial charge in [0.25, 0.3) is 0 Å². The van der Waals surface area contributed by atoms with E-state index in [0.717, 1.165) is 23.9 Å². The van der Waals surface area contributed by atoms with Gasteiger partial charge in [-0.2, -0.15) is 5.10 Å². The minimum absolute atomic E-state index is 0.0559. The van der Waals surface area contributed by atoms with Gasteiger partial charge in [-0.15, -0.1) is 0 Å². The second kappa shape index (κ2) is 4.51. The van der Waals surface area contributed by atoms with Crippen LogP contribution in [0.5, 0.6) is 0 Å². The third-order valence-electron chi connectivity index (χ3n) is 3.12. The number of aromatic nitrogens is 4. The lowest BCUT2D eigenvalue weighted by Crippen LogP contribution is -2.27. The first kappa shape index (κ1) is 11.9. The van der Waals surface area contributed by atoms with Gasteiger partial charge >= 0.3 is 0 Å². The molecule has 0 unspecified atom stereocenters. The maximum absolute atomic E-state index is 6.01. The van der Waals surface area contributed by atoms with E-state index in [9.17, 15) is 0 Å². The van der Waals surface area contributed by atoms with Crippen LogP contribution in [-0.4, -0.2) is 26.3 Å². The van der Waals surface area contributed by atoms with E-state index >= 15 is 0 Å². The molecule has 0 aromatic carbocycles. The monoisotopic (exact) mass is 327 g/mol. The van der Waals surface area contributed by atoms with Crippen molar-refractivity contribution in [1.82, 2.24) is 19.7 Å². The number of rotatable bonds is 4. The molecule has 94 valence electrons. The zero-order valence-corrected chi connectivity index (χ0v) is 11.8. The van der Waals surface area contributed by atoms with Crippen molar-refractivity contribution in [2.24, 2.45) is 0 Å². The van der Waals surface area contributed by atoms with Crippen LogP contribution in [0.15, 0.2) is 29.4 Å². The SMILES string of the molecule is Clc1cncnc1NCC1(n2cc(Br)cn2)CC1. The molecule has 1 aliphatic rings. The molecule has 1 aliphatic carbocycles. The first-order chi connectivity index (χ1) is 8.70. The summed E-state index contributed by atoms with van der Waals surface area (Å²) in [7, 11) is 0. The second-order valence-electron chi connectivity index (χ2n) is 4.40. The van der Waals surface area contributed by atoms with Crippen LogP contribution in [0, 0.1) is 0 Å². The first-order valence-corrected chi connectivity index (χ1v) is 6.77. The molecular weight excluding hydrogens is 318 g/mol. The van der Waals surface area contributed by atoms with Gasteiger partial charge < -0.3 is 5.32 Å². The van der Waals surface area contributed by atoms with Crippen LogP contribution >= 0.6 is 27.5 Å². The van der Waals surface area contributed by atoms with E-state index in [1.54, 1.807) is 12.4 Å². The zero-order chi connectivity index (χ0) is 12.6. The largest absolute Gasteiger partial charge is 0.366 e. The van der Waals surface area contributed by atoms with Crippen molar-refractivity contribution in [3.05, 3.63) is 34.4 Å². The quantitative estimate of drug-likeness (QED) is 0.937. The third-order valence-corrected chi connectivity index (χ3v) is 3.80. The Morgan fingerprint density at radius 3 is 2.89 bits per heavy atom. The van der Waals surface area contributed by atoms with Crippen LogP contribution in [-0.2, 0) is 5.54 Å². The van der Waals surface area contributed by atoms with Crippen molar-refractivity contribution in [2.45, 2.75) is 18.4 Å². The minimum Gasteiger partial charge on any atom is -0.366 e. The average Bonchev–Trinajstić information content (AvgIpc) is 3.03. The van der Waals surface area contributed by atoms with Gasteiger partial charge in [-0.05, 0) is 28.8 Å². The maximum Gasteiger partial charge on any atom is 0.148 e. The molecule has 2 aromatic rings. The summed E-state index contributed by atoms with van der Waals surface area (Å²) in [5.74, 6) is 0.671. The van der Waals surface area contributed by atoms with Gasteiger partial charge in [-0.3, -0.25) is 4.68 Å². The molecule has 2 heterocycles. The summed E-state index contributed by atoms with van der Waals surface area (Å²) < 4.78 is 2.99. The van der Waals surface area contributed by atoms with Gasteiger partial charge in [-0.25, -0.2) is 9.97 Å². The summed E-state index contributed by atoms with van der Waals surface area (Å²) in [6.45, 7) is 0.762. The van der Waals surface area contributed by atoms with Crippen LogP contribution < -0.4 is 5.32 Å². The Kier molecular flexibility index (Phi) is 2.99. The van der Waals surface area contributed by atoms with E-state index in [0.29, 0.717) is 10.8 Å². The summed E-state index contributed by atoms with van der Waals surface area (Å²) in [4.78, 5) is 7.97. The Hall–Kier alpha value is -1.14. The standard InChI is InChI=1S/C11H11BrClN5/c12-8-3-17-18(5-8)11(1-2-11)6-15-10-9(13)4-14-7-16-10/h3-5,7H,1-2,6H2,(H,14,15,16). The van der Waals surface area contributed by atoms with Crippen LogP contribution in [0.1, 0.15) is 12.8 Å². The first-order valence-electron chi connectivity index (χ1n) is 5.60. The van der Waals surface area contributed by atoms with Crippen molar-refractivity contribution >= 4 is 33.3 Å². The molecule has 0 atom stereocenters. The van der Waals surface area contributed by atoms with Gasteiger partial charge in [0.15, 0.2) is 0 Å². The molecule has 18 heavy (non-hydrogen) atoms. The van der Waals surface area contributed by atoms with Crippen molar-refractivity contribution in [1.29, 1.82) is 0 Å². The zero-order valence-electron chi connectivity index (χ0n) is 9.48. The van der Waals surface area contributed by atoms with E-state index in [4.69, 9.17) is 11.6 Å². The summed E-state index contributed by atoms with van der Waals surface area (Å²) in [5, 5.41) is 8.15. The van der Waals surface area contributed by atoms with Gasteiger partial charge in [0.05, 0.1) is 22.4 Å². The Balaban J connectivity index is 1.72. The van der Waals surface area contributed by atoms with Crippen molar-refractivity contribution < 1.29 is 0 Å². The van der Waals surface area contributed by atoms with E-state index in [2.05, 4.69) is 36.3 Å². The summed E-state index contributed by atoms with van der Waals surface area (Å²) in [6.07, 6.45) is 9.08. The number of nitrogens with one attached hydrogen (secondary N) is 1. The van der Waals surface area contributed by atoms with Gasteiger partial charge in [0.2, 0.25) is 0 Å². The lowest BCUT2D eigenvalue weighted by molar-refractivity contribution is 0.452. The van der Waals surface area contributed by atoms with Gasteiger partial charge in [0, 0.05) is 12.7 Å². The molecule has 0 radical (unpaired) electrons. The molecule has 0 spiro atoms. The molecular formula is C11H11BrClN5. The molecule has 0 bridgehead atoms. The molecule has 2 aromatic heterocycles.